The van der Waals surface area contributed by atoms with Crippen molar-refractivity contribution in [2.45, 2.75) is 12.8 Å². The predicted octanol–water partition coefficient (Wildman–Crippen LogP) is 2.33. The molecule has 1 aromatic rings. The van der Waals surface area contributed by atoms with Gasteiger partial charge in [0, 0.05) is 17.9 Å². The van der Waals surface area contributed by atoms with Crippen LogP contribution in [0.5, 0.6) is 0 Å². The molecular weight excluding hydrogens is 240 g/mol. The maximum Gasteiger partial charge on any atom is 0.201 e. The number of allylic oxidation sites excluding steroid dienone is 2. The van der Waals surface area contributed by atoms with Crippen molar-refractivity contribution in [2.75, 3.05) is 7.11 Å². The molecule has 2 aliphatic rings. The van der Waals surface area contributed by atoms with Crippen molar-refractivity contribution in [3.05, 3.63) is 47.7 Å². The standard InChI is InChI=1S/C16H16O3/c1-9-13(10-6-4-3-5-7-10)15-11(17)8-12(19-2)16(18)14(9)15/h3-9,13-15H,1-2H3/t9-,13+,14?,15?/m0/s1. The molecule has 0 radical (unpaired) electrons. The smallest absolute Gasteiger partial charge is 0.201 e. The Balaban J connectivity index is 1.96. The first-order valence-electron chi connectivity index (χ1n) is 6.54. The van der Waals surface area contributed by atoms with E-state index in [4.69, 9.17) is 4.74 Å². The highest BCUT2D eigenvalue weighted by Gasteiger charge is 2.57. The summed E-state index contributed by atoms with van der Waals surface area (Å²) in [6.45, 7) is 2.04. The van der Waals surface area contributed by atoms with Crippen molar-refractivity contribution >= 4 is 11.6 Å². The fourth-order valence-corrected chi connectivity index (χ4v) is 3.52. The lowest BCUT2D eigenvalue weighted by molar-refractivity contribution is -0.144. The molecule has 2 unspecified atom stereocenters. The Morgan fingerprint density at radius 2 is 1.68 bits per heavy atom. The van der Waals surface area contributed by atoms with E-state index in [1.807, 2.05) is 37.3 Å². The molecular formula is C16H16O3. The van der Waals surface area contributed by atoms with Crippen molar-refractivity contribution < 1.29 is 14.3 Å². The average Bonchev–Trinajstić information content (AvgIpc) is 2.42. The number of hydrogen-bond donors (Lipinski definition) is 0. The quantitative estimate of drug-likeness (QED) is 0.815. The molecule has 0 amide bonds. The van der Waals surface area contributed by atoms with Gasteiger partial charge in [0.1, 0.15) is 0 Å². The Bertz CT molecular complexity index is 559. The summed E-state index contributed by atoms with van der Waals surface area (Å²) in [6, 6.07) is 9.97. The van der Waals surface area contributed by atoms with Gasteiger partial charge in [-0.15, -0.1) is 0 Å². The van der Waals surface area contributed by atoms with Gasteiger partial charge in [-0.2, -0.15) is 0 Å². The monoisotopic (exact) mass is 256 g/mol. The minimum atomic E-state index is -0.211. The van der Waals surface area contributed by atoms with Gasteiger partial charge in [0.15, 0.2) is 11.5 Å². The Hall–Kier alpha value is -1.90. The van der Waals surface area contributed by atoms with Gasteiger partial charge in [-0.25, -0.2) is 0 Å². The summed E-state index contributed by atoms with van der Waals surface area (Å²) in [4.78, 5) is 24.4. The van der Waals surface area contributed by atoms with Gasteiger partial charge in [0.25, 0.3) is 0 Å². The number of carbonyl (C=O) groups excluding carboxylic acids is 2. The Morgan fingerprint density at radius 1 is 1.00 bits per heavy atom. The largest absolute Gasteiger partial charge is 0.493 e. The zero-order valence-electron chi connectivity index (χ0n) is 11.0. The van der Waals surface area contributed by atoms with Crippen LogP contribution in [0.4, 0.5) is 0 Å². The molecule has 1 aromatic carbocycles. The van der Waals surface area contributed by atoms with E-state index < -0.39 is 0 Å². The van der Waals surface area contributed by atoms with Crippen LogP contribution in [0.15, 0.2) is 42.2 Å². The second-order valence-corrected chi connectivity index (χ2v) is 5.33. The SMILES string of the molecule is COC1=CC(=O)C2C(C1=O)[C@@H](C)[C@@H]2c1ccccc1. The number of rotatable bonds is 2. The molecule has 4 atom stereocenters. The normalized spacial score (nSPS) is 33.3. The molecule has 0 aromatic heterocycles. The first-order chi connectivity index (χ1) is 9.15. The average molecular weight is 256 g/mol. The van der Waals surface area contributed by atoms with E-state index in [-0.39, 0.29) is 41.0 Å². The summed E-state index contributed by atoms with van der Waals surface area (Å²) in [5.74, 6) is 0.131. The molecule has 19 heavy (non-hydrogen) atoms. The zero-order valence-corrected chi connectivity index (χ0v) is 11.0. The van der Waals surface area contributed by atoms with Crippen molar-refractivity contribution in [3.63, 3.8) is 0 Å². The van der Waals surface area contributed by atoms with E-state index in [0.717, 1.165) is 5.56 Å². The number of hydrogen-bond acceptors (Lipinski definition) is 3. The van der Waals surface area contributed by atoms with E-state index >= 15 is 0 Å². The molecule has 3 heteroatoms. The van der Waals surface area contributed by atoms with E-state index in [0.29, 0.717) is 0 Å². The van der Waals surface area contributed by atoms with Crippen LogP contribution in [-0.2, 0) is 14.3 Å². The fraction of sp³-hybridized carbons (Fsp3) is 0.375. The molecule has 0 heterocycles. The van der Waals surface area contributed by atoms with Crippen LogP contribution in [0, 0.1) is 17.8 Å². The van der Waals surface area contributed by atoms with Crippen LogP contribution in [0.25, 0.3) is 0 Å². The highest BCUT2D eigenvalue weighted by molar-refractivity contribution is 6.11. The second-order valence-electron chi connectivity index (χ2n) is 5.33. The van der Waals surface area contributed by atoms with Gasteiger partial charge in [-0.05, 0) is 17.4 Å². The highest BCUT2D eigenvalue weighted by Crippen LogP contribution is 2.55. The van der Waals surface area contributed by atoms with Crippen LogP contribution in [-0.4, -0.2) is 18.7 Å². The summed E-state index contributed by atoms with van der Waals surface area (Å²) >= 11 is 0. The number of methoxy groups -OCH3 is 1. The van der Waals surface area contributed by atoms with Crippen LogP contribution in [0.3, 0.4) is 0 Å². The van der Waals surface area contributed by atoms with Crippen molar-refractivity contribution in [2.24, 2.45) is 17.8 Å². The summed E-state index contributed by atoms with van der Waals surface area (Å²) in [5, 5.41) is 0. The summed E-state index contributed by atoms with van der Waals surface area (Å²) in [6.07, 6.45) is 1.37. The van der Waals surface area contributed by atoms with E-state index in [1.54, 1.807) is 0 Å². The lowest BCUT2D eigenvalue weighted by Crippen LogP contribution is -2.53. The molecule has 3 nitrogen and oxygen atoms in total. The van der Waals surface area contributed by atoms with Gasteiger partial charge in [-0.1, -0.05) is 37.3 Å². The maximum absolute atomic E-state index is 12.2. The molecule has 98 valence electrons. The molecule has 0 saturated heterocycles. The van der Waals surface area contributed by atoms with Crippen molar-refractivity contribution in [1.82, 2.24) is 0 Å². The third kappa shape index (κ3) is 1.65. The molecule has 0 bridgehead atoms. The Morgan fingerprint density at radius 3 is 2.32 bits per heavy atom. The maximum atomic E-state index is 12.2. The number of Topliss-reactive ketones (excluding diaryl/α,β-unsaturated/α-hetero) is 1. The first kappa shape index (κ1) is 12.2. The zero-order chi connectivity index (χ0) is 13.6. The molecule has 0 aliphatic heterocycles. The molecule has 0 spiro atoms. The van der Waals surface area contributed by atoms with E-state index in [1.165, 1.54) is 13.2 Å². The second kappa shape index (κ2) is 4.34. The summed E-state index contributed by atoms with van der Waals surface area (Å²) in [7, 11) is 1.44. The van der Waals surface area contributed by atoms with Gasteiger partial charge in [0.05, 0.1) is 7.11 Å². The van der Waals surface area contributed by atoms with Crippen LogP contribution >= 0.6 is 0 Å². The third-order valence-corrected chi connectivity index (χ3v) is 4.46. The number of ketones is 2. The van der Waals surface area contributed by atoms with Crippen molar-refractivity contribution in [1.29, 1.82) is 0 Å². The molecule has 1 fully saturated rings. The topological polar surface area (TPSA) is 43.4 Å². The number of carbonyl (C=O) groups is 2. The van der Waals surface area contributed by atoms with Crippen molar-refractivity contribution in [3.8, 4) is 0 Å². The lowest BCUT2D eigenvalue weighted by Gasteiger charge is -2.50. The van der Waals surface area contributed by atoms with Gasteiger partial charge in [-0.3, -0.25) is 9.59 Å². The van der Waals surface area contributed by atoms with Crippen LogP contribution < -0.4 is 0 Å². The highest BCUT2D eigenvalue weighted by atomic mass is 16.5. The van der Waals surface area contributed by atoms with Gasteiger partial charge >= 0.3 is 0 Å². The van der Waals surface area contributed by atoms with E-state index in [9.17, 15) is 9.59 Å². The van der Waals surface area contributed by atoms with Crippen LogP contribution in [0.2, 0.25) is 0 Å². The molecule has 0 N–H and O–H groups in total. The minimum Gasteiger partial charge on any atom is -0.493 e. The number of benzene rings is 1. The minimum absolute atomic E-state index is 0.0215. The third-order valence-electron chi connectivity index (χ3n) is 4.46. The Labute approximate surface area is 112 Å². The lowest BCUT2D eigenvalue weighted by atomic mass is 9.51. The number of ether oxygens (including phenoxy) is 1. The predicted molar refractivity (Wildman–Crippen MR) is 70.4 cm³/mol. The van der Waals surface area contributed by atoms with Gasteiger partial charge in [0.2, 0.25) is 5.78 Å². The fourth-order valence-electron chi connectivity index (χ4n) is 3.52. The van der Waals surface area contributed by atoms with Crippen LogP contribution in [0.1, 0.15) is 18.4 Å². The summed E-state index contributed by atoms with van der Waals surface area (Å²) in [5.41, 5.74) is 1.15. The number of fused-ring (bicyclic) bond motifs is 1. The van der Waals surface area contributed by atoms with E-state index in [2.05, 4.69) is 0 Å². The molecule has 2 aliphatic carbocycles. The molecule has 3 rings (SSSR count). The Kier molecular flexibility index (Phi) is 2.77. The molecule has 1 saturated carbocycles. The first-order valence-corrected chi connectivity index (χ1v) is 6.54. The summed E-state index contributed by atoms with van der Waals surface area (Å²) < 4.78 is 5.01. The van der Waals surface area contributed by atoms with Gasteiger partial charge < -0.3 is 4.74 Å².